The minimum Gasteiger partial charge on any atom is -0.465 e. The number of carbonyl (C=O) groups excluding carboxylic acids is 2. The molecule has 2 aromatic rings. The van der Waals surface area contributed by atoms with Crippen LogP contribution < -0.4 is 21.3 Å². The van der Waals surface area contributed by atoms with Crippen LogP contribution in [0.5, 0.6) is 0 Å². The zero-order valence-electron chi connectivity index (χ0n) is 30.5. The molecule has 0 spiro atoms. The average molecular weight is 695 g/mol. The number of carboxylic acid groups (broad SMARTS) is 2. The first-order valence-electron chi connectivity index (χ1n) is 18.6. The number of amides is 3. The molecule has 0 heterocycles. The molecular formula is C40H62N4O6. The lowest BCUT2D eigenvalue weighted by molar-refractivity contribution is -0.124. The van der Waals surface area contributed by atoms with Crippen LogP contribution in [0.15, 0.2) is 60.7 Å². The van der Waals surface area contributed by atoms with Crippen LogP contribution in [0, 0.1) is 11.8 Å². The van der Waals surface area contributed by atoms with Gasteiger partial charge in [0.05, 0.1) is 12.1 Å². The fourth-order valence-electron chi connectivity index (χ4n) is 6.62. The smallest absolute Gasteiger partial charge is 0.411 e. The lowest BCUT2D eigenvalue weighted by Crippen LogP contribution is -2.61. The lowest BCUT2D eigenvalue weighted by atomic mass is 9.78. The Labute approximate surface area is 299 Å². The second kappa shape index (κ2) is 24.4. The van der Waals surface area contributed by atoms with Gasteiger partial charge in [-0.2, -0.15) is 0 Å². The Hall–Kier alpha value is -3.76. The van der Waals surface area contributed by atoms with Crippen molar-refractivity contribution in [3.63, 3.8) is 0 Å². The molecule has 0 aliphatic rings. The van der Waals surface area contributed by atoms with Crippen LogP contribution >= 0.6 is 0 Å². The van der Waals surface area contributed by atoms with Crippen molar-refractivity contribution in [1.82, 2.24) is 21.3 Å². The summed E-state index contributed by atoms with van der Waals surface area (Å²) in [5.74, 6) is -0.894. The first kappa shape index (κ1) is 42.4. The molecule has 278 valence electrons. The van der Waals surface area contributed by atoms with E-state index in [0.717, 1.165) is 56.1 Å². The maximum absolute atomic E-state index is 13.3. The highest BCUT2D eigenvalue weighted by atomic mass is 16.4. The van der Waals surface area contributed by atoms with Crippen LogP contribution in [-0.4, -0.2) is 65.3 Å². The summed E-state index contributed by atoms with van der Waals surface area (Å²) in [6, 6.07) is 19.2. The number of aldehydes is 1. The second-order valence-electron chi connectivity index (χ2n) is 14.2. The molecule has 10 heteroatoms. The van der Waals surface area contributed by atoms with Gasteiger partial charge in [-0.15, -0.1) is 0 Å². The Balaban J connectivity index is 2.01. The van der Waals surface area contributed by atoms with Gasteiger partial charge >= 0.3 is 12.2 Å². The van der Waals surface area contributed by atoms with E-state index >= 15 is 0 Å². The van der Waals surface area contributed by atoms with Gasteiger partial charge in [-0.25, -0.2) is 9.59 Å². The van der Waals surface area contributed by atoms with E-state index in [0.29, 0.717) is 18.8 Å². The van der Waals surface area contributed by atoms with E-state index in [2.05, 4.69) is 54.1 Å². The number of nitrogens with one attached hydrogen (secondary N) is 4. The van der Waals surface area contributed by atoms with Crippen LogP contribution in [0.25, 0.3) is 0 Å². The predicted molar refractivity (Wildman–Crippen MR) is 199 cm³/mol. The SMILES string of the molecule is CC(CNC(=O)O)[C@H](NC(CCCCCCCCCCCCCN[C@H](C=O)C(C)C)(Cc1ccccc1)Cc1ccccc1)C(=O)NC(=O)O. The van der Waals surface area contributed by atoms with E-state index in [1.54, 1.807) is 6.92 Å². The van der Waals surface area contributed by atoms with Gasteiger partial charge in [-0.3, -0.25) is 15.4 Å². The minimum atomic E-state index is -1.44. The van der Waals surface area contributed by atoms with E-state index in [1.165, 1.54) is 44.9 Å². The molecular weight excluding hydrogens is 632 g/mol. The van der Waals surface area contributed by atoms with Crippen LogP contribution in [-0.2, 0) is 22.4 Å². The van der Waals surface area contributed by atoms with E-state index in [4.69, 9.17) is 0 Å². The molecule has 0 saturated heterocycles. The van der Waals surface area contributed by atoms with Crippen molar-refractivity contribution in [2.75, 3.05) is 13.1 Å². The molecule has 0 aliphatic heterocycles. The summed E-state index contributed by atoms with van der Waals surface area (Å²) in [4.78, 5) is 47.3. The highest BCUT2D eigenvalue weighted by molar-refractivity contribution is 5.94. The summed E-state index contributed by atoms with van der Waals surface area (Å²) in [6.45, 7) is 6.76. The second-order valence-corrected chi connectivity index (χ2v) is 14.2. The van der Waals surface area contributed by atoms with Gasteiger partial charge in [0.1, 0.15) is 6.29 Å². The Bertz CT molecular complexity index is 1200. The summed E-state index contributed by atoms with van der Waals surface area (Å²) in [5.41, 5.74) is 1.60. The van der Waals surface area contributed by atoms with Gasteiger partial charge in [0.2, 0.25) is 5.91 Å². The van der Waals surface area contributed by atoms with Crippen molar-refractivity contribution in [2.45, 2.75) is 128 Å². The Morgan fingerprint density at radius 1 is 0.700 bits per heavy atom. The Kier molecular flexibility index (Phi) is 20.7. The topological polar surface area (TPSA) is 157 Å². The summed E-state index contributed by atoms with van der Waals surface area (Å²) in [7, 11) is 0. The fraction of sp³-hybridized carbons (Fsp3) is 0.600. The molecule has 3 amide bonds. The number of carbonyl (C=O) groups is 4. The van der Waals surface area contributed by atoms with E-state index < -0.39 is 35.6 Å². The standard InChI is InChI=1S/C40H62N4O6/c1-31(2)35(30-45)41-26-20-12-10-8-6-4-5-7-9-11-19-25-40(27-33-21-15-13-16-22-33,28-34-23-17-14-18-24-34)44-36(37(46)43-39(49)50)32(3)29-42-38(47)48/h13-18,21-24,30-32,35-36,41-42,44H,4-12,19-20,25-29H2,1-3H3,(H,43,46)(H,47,48)(H,49,50)/t32?,35-,36+/m1/s1. The molecule has 6 N–H and O–H groups in total. The quantitative estimate of drug-likeness (QED) is 0.0418. The molecule has 0 radical (unpaired) electrons. The normalized spacial score (nSPS) is 13.4. The molecule has 0 fully saturated rings. The van der Waals surface area contributed by atoms with Gasteiger partial charge in [-0.1, -0.05) is 146 Å². The molecule has 0 saturated carbocycles. The molecule has 0 aromatic heterocycles. The molecule has 10 nitrogen and oxygen atoms in total. The first-order chi connectivity index (χ1) is 24.0. The zero-order chi connectivity index (χ0) is 36.6. The summed E-state index contributed by atoms with van der Waals surface area (Å²) in [5, 5.41) is 30.0. The number of rotatable bonds is 27. The van der Waals surface area contributed by atoms with Gasteiger partial charge in [0.25, 0.3) is 0 Å². The summed E-state index contributed by atoms with van der Waals surface area (Å²) in [6.07, 6.45) is 13.1. The van der Waals surface area contributed by atoms with E-state index in [9.17, 15) is 29.4 Å². The summed E-state index contributed by atoms with van der Waals surface area (Å²) >= 11 is 0. The molecule has 2 aromatic carbocycles. The highest BCUT2D eigenvalue weighted by Gasteiger charge is 2.38. The third kappa shape index (κ3) is 17.8. The Morgan fingerprint density at radius 2 is 1.18 bits per heavy atom. The van der Waals surface area contributed by atoms with Crippen LogP contribution in [0.4, 0.5) is 9.59 Å². The van der Waals surface area contributed by atoms with Crippen LogP contribution in [0.3, 0.4) is 0 Å². The van der Waals surface area contributed by atoms with Crippen molar-refractivity contribution in [2.24, 2.45) is 11.8 Å². The third-order valence-corrected chi connectivity index (χ3v) is 9.47. The van der Waals surface area contributed by atoms with Crippen molar-refractivity contribution in [1.29, 1.82) is 0 Å². The van der Waals surface area contributed by atoms with Crippen molar-refractivity contribution in [3.8, 4) is 0 Å². The van der Waals surface area contributed by atoms with Crippen LogP contribution in [0.1, 0.15) is 109 Å². The molecule has 2 rings (SSSR count). The van der Waals surface area contributed by atoms with Crippen molar-refractivity contribution >= 4 is 24.4 Å². The molecule has 3 atom stereocenters. The third-order valence-electron chi connectivity index (χ3n) is 9.47. The van der Waals surface area contributed by atoms with Gasteiger partial charge in [0, 0.05) is 12.1 Å². The van der Waals surface area contributed by atoms with Gasteiger partial charge in [0.15, 0.2) is 0 Å². The van der Waals surface area contributed by atoms with Crippen LogP contribution in [0.2, 0.25) is 0 Å². The van der Waals surface area contributed by atoms with Crippen molar-refractivity contribution in [3.05, 3.63) is 71.8 Å². The van der Waals surface area contributed by atoms with E-state index in [-0.39, 0.29) is 12.6 Å². The van der Waals surface area contributed by atoms with Gasteiger partial charge < -0.3 is 25.6 Å². The molecule has 50 heavy (non-hydrogen) atoms. The first-order valence-corrected chi connectivity index (χ1v) is 18.6. The predicted octanol–water partition coefficient (Wildman–Crippen LogP) is 7.36. The minimum absolute atomic E-state index is 0.00980. The monoisotopic (exact) mass is 694 g/mol. The average Bonchev–Trinajstić information content (AvgIpc) is 3.08. The lowest BCUT2D eigenvalue weighted by Gasteiger charge is -2.40. The number of hydrogen-bond acceptors (Lipinski definition) is 6. The number of benzene rings is 2. The maximum atomic E-state index is 13.3. The fourth-order valence-corrected chi connectivity index (χ4v) is 6.62. The maximum Gasteiger partial charge on any atom is 0.411 e. The Morgan fingerprint density at radius 3 is 1.62 bits per heavy atom. The van der Waals surface area contributed by atoms with Gasteiger partial charge in [-0.05, 0) is 55.2 Å². The highest BCUT2D eigenvalue weighted by Crippen LogP contribution is 2.28. The molecule has 0 bridgehead atoms. The zero-order valence-corrected chi connectivity index (χ0v) is 30.5. The number of hydrogen-bond donors (Lipinski definition) is 6. The largest absolute Gasteiger partial charge is 0.465 e. The summed E-state index contributed by atoms with van der Waals surface area (Å²) < 4.78 is 0. The molecule has 1 unspecified atom stereocenters. The number of imide groups is 1. The van der Waals surface area contributed by atoms with E-state index in [1.807, 2.05) is 41.7 Å². The number of unbranched alkanes of at least 4 members (excludes halogenated alkanes) is 10. The van der Waals surface area contributed by atoms with Crippen molar-refractivity contribution < 1.29 is 29.4 Å². The molecule has 0 aliphatic carbocycles.